The average molecular weight is 500 g/mol. The third kappa shape index (κ3) is 5.11. The maximum absolute atomic E-state index is 15.2. The number of aromatic nitrogens is 3. The predicted octanol–water partition coefficient (Wildman–Crippen LogP) is 4.07. The number of carbonyl (C=O) groups excluding carboxylic acids is 1. The number of halogens is 3. The molecule has 8 nitrogen and oxygen atoms in total. The molecule has 0 aliphatic heterocycles. The van der Waals surface area contributed by atoms with Crippen LogP contribution in [0.25, 0.3) is 11.4 Å². The van der Waals surface area contributed by atoms with E-state index in [9.17, 15) is 13.6 Å². The highest BCUT2D eigenvalue weighted by molar-refractivity contribution is 5.98. The summed E-state index contributed by atoms with van der Waals surface area (Å²) < 4.78 is 44.8. The fraction of sp³-hybridized carbons (Fsp3) is 0.360. The molecule has 2 heterocycles. The molecule has 2 unspecified atom stereocenters. The molecule has 2 atom stereocenters. The second-order valence-corrected chi connectivity index (χ2v) is 9.07. The minimum atomic E-state index is -2.94. The van der Waals surface area contributed by atoms with Crippen LogP contribution in [0, 0.1) is 5.82 Å². The van der Waals surface area contributed by atoms with E-state index in [2.05, 4.69) is 20.3 Å². The third-order valence-corrected chi connectivity index (χ3v) is 6.37. The number of hydrogen-bond donors (Lipinski definition) is 2. The van der Waals surface area contributed by atoms with Gasteiger partial charge in [-0.3, -0.25) is 9.69 Å². The smallest absolute Gasteiger partial charge is 0.265 e. The maximum atomic E-state index is 15.2. The number of nitrogens with zero attached hydrogens (tertiary/aromatic N) is 5. The summed E-state index contributed by atoms with van der Waals surface area (Å²) in [7, 11) is 4.71. The summed E-state index contributed by atoms with van der Waals surface area (Å²) in [6, 6.07) is 7.92. The Morgan fingerprint density at radius 2 is 1.86 bits per heavy atom. The van der Waals surface area contributed by atoms with Gasteiger partial charge in [-0.25, -0.2) is 28.1 Å². The number of rotatable bonds is 7. The fourth-order valence-electron chi connectivity index (χ4n) is 4.75. The molecule has 0 spiro atoms. The van der Waals surface area contributed by atoms with Crippen LogP contribution in [0.15, 0.2) is 48.8 Å². The van der Waals surface area contributed by atoms with Gasteiger partial charge in [0.25, 0.3) is 11.8 Å². The zero-order chi connectivity index (χ0) is 26.0. The number of anilines is 3. The Labute approximate surface area is 207 Å². The van der Waals surface area contributed by atoms with Crippen LogP contribution in [0.1, 0.15) is 29.6 Å². The maximum Gasteiger partial charge on any atom is 0.265 e. The molecule has 0 saturated heterocycles. The van der Waals surface area contributed by atoms with Crippen LogP contribution in [0.2, 0.25) is 0 Å². The predicted molar refractivity (Wildman–Crippen MR) is 132 cm³/mol. The van der Waals surface area contributed by atoms with Gasteiger partial charge in [0, 0.05) is 37.1 Å². The van der Waals surface area contributed by atoms with Gasteiger partial charge >= 0.3 is 0 Å². The summed E-state index contributed by atoms with van der Waals surface area (Å²) in [4.78, 5) is 27.8. The van der Waals surface area contributed by atoms with Crippen LogP contribution in [0.3, 0.4) is 0 Å². The second kappa shape index (κ2) is 10.1. The lowest BCUT2D eigenvalue weighted by atomic mass is 9.85. The molecule has 36 heavy (non-hydrogen) atoms. The second-order valence-electron chi connectivity index (χ2n) is 9.07. The molecule has 2 aromatic heterocycles. The molecule has 1 aliphatic rings. The lowest BCUT2D eigenvalue weighted by Crippen LogP contribution is -2.59. The van der Waals surface area contributed by atoms with Crippen molar-refractivity contribution in [1.29, 1.82) is 0 Å². The summed E-state index contributed by atoms with van der Waals surface area (Å²) in [5.41, 5.74) is 6.58. The first kappa shape index (κ1) is 25.4. The molecule has 1 aromatic carbocycles. The number of pyridine rings is 1. The summed E-state index contributed by atoms with van der Waals surface area (Å²) in [6.07, 6.45) is 3.74. The molecule has 1 saturated carbocycles. The van der Waals surface area contributed by atoms with E-state index in [0.29, 0.717) is 29.9 Å². The number of alkyl halides is 2. The molecule has 0 radical (unpaired) electrons. The molecular formula is C25H28F3N7O. The first-order chi connectivity index (χ1) is 17.1. The zero-order valence-corrected chi connectivity index (χ0v) is 20.3. The Kier molecular flexibility index (Phi) is 7.11. The SMILES string of the molecule is CN(C)C1C(N(C)c2nc(Nc3cccc(-c4ncccn4)c3)c(C(N)=O)cc2F)CCCC1(F)F. The minimum Gasteiger partial charge on any atom is -0.365 e. The molecule has 4 rings (SSSR count). The highest BCUT2D eigenvalue weighted by Crippen LogP contribution is 2.39. The van der Waals surface area contributed by atoms with Gasteiger partial charge in [0.05, 0.1) is 17.6 Å². The number of carbonyl (C=O) groups is 1. The van der Waals surface area contributed by atoms with E-state index in [-0.39, 0.29) is 23.6 Å². The summed E-state index contributed by atoms with van der Waals surface area (Å²) in [6.45, 7) is 0. The Morgan fingerprint density at radius 3 is 2.53 bits per heavy atom. The van der Waals surface area contributed by atoms with Crippen molar-refractivity contribution in [2.75, 3.05) is 31.4 Å². The van der Waals surface area contributed by atoms with Crippen molar-refractivity contribution in [3.05, 3.63) is 60.2 Å². The number of amides is 1. The Morgan fingerprint density at radius 1 is 1.14 bits per heavy atom. The topological polar surface area (TPSA) is 100 Å². The van der Waals surface area contributed by atoms with Gasteiger partial charge in [-0.1, -0.05) is 12.1 Å². The van der Waals surface area contributed by atoms with Gasteiger partial charge in [0.1, 0.15) is 5.82 Å². The number of hydrogen-bond acceptors (Lipinski definition) is 7. The fourth-order valence-corrected chi connectivity index (χ4v) is 4.75. The molecular weight excluding hydrogens is 471 g/mol. The summed E-state index contributed by atoms with van der Waals surface area (Å²) in [5.74, 6) is -4.28. The Balaban J connectivity index is 1.71. The Bertz CT molecular complexity index is 1240. The Hall–Kier alpha value is -3.73. The number of likely N-dealkylation sites (N-methyl/N-ethyl adjacent to an activating group) is 2. The van der Waals surface area contributed by atoms with Crippen molar-refractivity contribution in [3.63, 3.8) is 0 Å². The van der Waals surface area contributed by atoms with E-state index in [1.807, 2.05) is 6.07 Å². The number of nitrogens with one attached hydrogen (secondary N) is 1. The first-order valence-electron chi connectivity index (χ1n) is 11.5. The summed E-state index contributed by atoms with van der Waals surface area (Å²) >= 11 is 0. The number of nitrogens with two attached hydrogens (primary N) is 1. The van der Waals surface area contributed by atoms with Gasteiger partial charge in [0.2, 0.25) is 0 Å². The molecule has 190 valence electrons. The largest absolute Gasteiger partial charge is 0.365 e. The van der Waals surface area contributed by atoms with Gasteiger partial charge in [-0.2, -0.15) is 0 Å². The standard InChI is InChI=1S/C25H28F3N7O/c1-34(2)20-19(9-5-10-25(20,27)28)35(3)24-18(26)14-17(21(29)36)23(33-24)32-16-8-4-7-15(13-16)22-30-11-6-12-31-22/h4,6-8,11-14,19-20H,5,9-10H2,1-3H3,(H2,29,36)(H,32,33). The minimum absolute atomic E-state index is 0.0147. The molecule has 3 aromatic rings. The molecule has 1 amide bonds. The quantitative estimate of drug-likeness (QED) is 0.505. The highest BCUT2D eigenvalue weighted by atomic mass is 19.3. The van der Waals surface area contributed by atoms with Crippen molar-refractivity contribution >= 4 is 23.2 Å². The van der Waals surface area contributed by atoms with Crippen molar-refractivity contribution in [1.82, 2.24) is 19.9 Å². The monoisotopic (exact) mass is 499 g/mol. The van der Waals surface area contributed by atoms with Gasteiger partial charge in [-0.05, 0) is 51.2 Å². The van der Waals surface area contributed by atoms with Crippen LogP contribution in [0.4, 0.5) is 30.5 Å². The van der Waals surface area contributed by atoms with Crippen LogP contribution in [-0.4, -0.2) is 64.9 Å². The average Bonchev–Trinajstić information content (AvgIpc) is 2.84. The third-order valence-electron chi connectivity index (χ3n) is 6.37. The van der Waals surface area contributed by atoms with E-state index in [1.54, 1.807) is 50.8 Å². The van der Waals surface area contributed by atoms with Crippen LogP contribution in [-0.2, 0) is 0 Å². The molecule has 3 N–H and O–H groups in total. The van der Waals surface area contributed by atoms with E-state index in [1.165, 1.54) is 16.8 Å². The molecule has 0 bridgehead atoms. The van der Waals surface area contributed by atoms with Gasteiger partial charge < -0.3 is 16.0 Å². The van der Waals surface area contributed by atoms with Crippen molar-refractivity contribution in [3.8, 4) is 11.4 Å². The number of primary amides is 1. The van der Waals surface area contributed by atoms with E-state index < -0.39 is 29.7 Å². The lowest BCUT2D eigenvalue weighted by Gasteiger charge is -2.45. The van der Waals surface area contributed by atoms with Crippen molar-refractivity contribution in [2.45, 2.75) is 37.3 Å². The normalized spacial score (nSPS) is 19.2. The van der Waals surface area contributed by atoms with Crippen LogP contribution >= 0.6 is 0 Å². The molecule has 1 aliphatic carbocycles. The van der Waals surface area contributed by atoms with Crippen LogP contribution in [0.5, 0.6) is 0 Å². The summed E-state index contributed by atoms with van der Waals surface area (Å²) in [5, 5.41) is 3.02. The van der Waals surface area contributed by atoms with Gasteiger partial charge in [-0.15, -0.1) is 0 Å². The lowest BCUT2D eigenvalue weighted by molar-refractivity contribution is -0.102. The van der Waals surface area contributed by atoms with E-state index in [0.717, 1.165) is 6.07 Å². The van der Waals surface area contributed by atoms with Gasteiger partial charge in [0.15, 0.2) is 17.5 Å². The van der Waals surface area contributed by atoms with Crippen molar-refractivity contribution in [2.24, 2.45) is 5.73 Å². The van der Waals surface area contributed by atoms with Crippen molar-refractivity contribution < 1.29 is 18.0 Å². The van der Waals surface area contributed by atoms with E-state index >= 15 is 4.39 Å². The van der Waals surface area contributed by atoms with Crippen LogP contribution < -0.4 is 16.0 Å². The molecule has 1 fully saturated rings. The number of benzene rings is 1. The highest BCUT2D eigenvalue weighted by Gasteiger charge is 2.50. The zero-order valence-electron chi connectivity index (χ0n) is 20.3. The first-order valence-corrected chi connectivity index (χ1v) is 11.5. The van der Waals surface area contributed by atoms with E-state index in [4.69, 9.17) is 5.73 Å². The molecule has 11 heteroatoms.